The van der Waals surface area contributed by atoms with Gasteiger partial charge in [0.15, 0.2) is 0 Å². The Morgan fingerprint density at radius 2 is 1.50 bits per heavy atom. The average Bonchev–Trinajstić information content (AvgIpc) is 3.16. The highest BCUT2D eigenvalue weighted by atomic mass is 16.5. The van der Waals surface area contributed by atoms with Crippen molar-refractivity contribution in [2.24, 2.45) is 0 Å². The first-order valence-corrected chi connectivity index (χ1v) is 12.1. The summed E-state index contributed by atoms with van der Waals surface area (Å²) in [6, 6.07) is 15.7. The van der Waals surface area contributed by atoms with Crippen LogP contribution >= 0.6 is 0 Å². The molecule has 3 N–H and O–H groups in total. The van der Waals surface area contributed by atoms with Gasteiger partial charge >= 0.3 is 12.1 Å². The summed E-state index contributed by atoms with van der Waals surface area (Å²) in [5, 5.41) is 14.2. The molecule has 0 spiro atoms. The second-order valence-electron chi connectivity index (χ2n) is 8.63. The molecule has 0 unspecified atom stereocenters. The SMILES string of the molecule is CC[C@@H](NC(=O)OCC1c2ccccc2-c2ccccc21)C(=O)NCCCCCCCC(=O)O. The highest BCUT2D eigenvalue weighted by Gasteiger charge is 2.29. The minimum Gasteiger partial charge on any atom is -0.481 e. The number of carbonyl (C=O) groups excluding carboxylic acids is 2. The Hall–Kier alpha value is -3.35. The van der Waals surface area contributed by atoms with Crippen molar-refractivity contribution < 1.29 is 24.2 Å². The van der Waals surface area contributed by atoms with Crippen molar-refractivity contribution in [1.29, 1.82) is 0 Å². The number of carboxylic acid groups (broad SMARTS) is 1. The van der Waals surface area contributed by atoms with E-state index in [0.717, 1.165) is 36.8 Å². The van der Waals surface area contributed by atoms with Crippen LogP contribution in [-0.2, 0) is 14.3 Å². The van der Waals surface area contributed by atoms with Gasteiger partial charge in [0.05, 0.1) is 0 Å². The molecular formula is C27H34N2O5. The van der Waals surface area contributed by atoms with E-state index >= 15 is 0 Å². The van der Waals surface area contributed by atoms with Crippen LogP contribution in [0.2, 0.25) is 0 Å². The van der Waals surface area contributed by atoms with Gasteiger partial charge in [-0.3, -0.25) is 9.59 Å². The summed E-state index contributed by atoms with van der Waals surface area (Å²) in [7, 11) is 0. The second kappa shape index (κ2) is 12.8. The highest BCUT2D eigenvalue weighted by molar-refractivity contribution is 5.85. The van der Waals surface area contributed by atoms with E-state index in [1.54, 1.807) is 0 Å². The van der Waals surface area contributed by atoms with Gasteiger partial charge in [-0.15, -0.1) is 0 Å². The Morgan fingerprint density at radius 3 is 2.12 bits per heavy atom. The number of carbonyl (C=O) groups is 3. The predicted molar refractivity (Wildman–Crippen MR) is 131 cm³/mol. The lowest BCUT2D eigenvalue weighted by Crippen LogP contribution is -2.46. The number of nitrogens with one attached hydrogen (secondary N) is 2. The van der Waals surface area contributed by atoms with Gasteiger partial charge < -0.3 is 20.5 Å². The Morgan fingerprint density at radius 1 is 0.912 bits per heavy atom. The van der Waals surface area contributed by atoms with E-state index in [-0.39, 0.29) is 24.9 Å². The first kappa shape index (κ1) is 25.3. The zero-order valence-electron chi connectivity index (χ0n) is 19.7. The number of carboxylic acids is 1. The molecule has 0 bridgehead atoms. The number of alkyl carbamates (subject to hydrolysis) is 1. The molecule has 0 aliphatic heterocycles. The maximum atomic E-state index is 12.5. The molecule has 0 saturated heterocycles. The number of ether oxygens (including phenoxy) is 1. The number of hydrogen-bond donors (Lipinski definition) is 3. The Bertz CT molecular complexity index is 945. The molecule has 0 aromatic heterocycles. The molecule has 7 heteroatoms. The van der Waals surface area contributed by atoms with Gasteiger partial charge in [-0.25, -0.2) is 4.79 Å². The molecule has 0 heterocycles. The third kappa shape index (κ3) is 6.83. The van der Waals surface area contributed by atoms with Crippen molar-refractivity contribution in [2.45, 2.75) is 63.8 Å². The number of aliphatic carboxylic acids is 1. The topological polar surface area (TPSA) is 105 Å². The second-order valence-corrected chi connectivity index (χ2v) is 8.63. The number of rotatable bonds is 13. The van der Waals surface area contributed by atoms with E-state index in [1.165, 1.54) is 11.1 Å². The molecule has 2 aromatic rings. The van der Waals surface area contributed by atoms with E-state index in [0.29, 0.717) is 19.4 Å². The highest BCUT2D eigenvalue weighted by Crippen LogP contribution is 2.44. The molecule has 0 fully saturated rings. The maximum Gasteiger partial charge on any atom is 0.407 e. The summed E-state index contributed by atoms with van der Waals surface area (Å²) < 4.78 is 5.55. The van der Waals surface area contributed by atoms with Crippen LogP contribution in [0, 0.1) is 0 Å². The van der Waals surface area contributed by atoms with Crippen molar-refractivity contribution in [3.8, 4) is 11.1 Å². The van der Waals surface area contributed by atoms with Crippen molar-refractivity contribution in [3.63, 3.8) is 0 Å². The zero-order chi connectivity index (χ0) is 24.3. The minimum absolute atomic E-state index is 0.0254. The lowest BCUT2D eigenvalue weighted by molar-refractivity contribution is -0.137. The first-order chi connectivity index (χ1) is 16.5. The van der Waals surface area contributed by atoms with Crippen molar-refractivity contribution in [1.82, 2.24) is 10.6 Å². The summed E-state index contributed by atoms with van der Waals surface area (Å²) in [5.41, 5.74) is 4.62. The lowest BCUT2D eigenvalue weighted by atomic mass is 9.98. The van der Waals surface area contributed by atoms with Crippen LogP contribution < -0.4 is 10.6 Å². The number of hydrogen-bond acceptors (Lipinski definition) is 4. The number of fused-ring (bicyclic) bond motifs is 3. The molecular weight excluding hydrogens is 432 g/mol. The fourth-order valence-electron chi connectivity index (χ4n) is 4.40. The van der Waals surface area contributed by atoms with Gasteiger partial charge in [-0.1, -0.05) is 74.7 Å². The van der Waals surface area contributed by atoms with Gasteiger partial charge in [0.2, 0.25) is 5.91 Å². The number of unbranched alkanes of at least 4 members (excludes halogenated alkanes) is 4. The van der Waals surface area contributed by atoms with E-state index in [1.807, 2.05) is 31.2 Å². The number of amides is 2. The molecule has 0 radical (unpaired) electrons. The molecule has 7 nitrogen and oxygen atoms in total. The fourth-order valence-corrected chi connectivity index (χ4v) is 4.40. The molecule has 182 valence electrons. The fraction of sp³-hybridized carbons (Fsp3) is 0.444. The third-order valence-electron chi connectivity index (χ3n) is 6.23. The molecule has 1 atom stereocenters. The lowest BCUT2D eigenvalue weighted by Gasteiger charge is -2.18. The van der Waals surface area contributed by atoms with Gasteiger partial charge in [0, 0.05) is 18.9 Å². The molecule has 3 rings (SSSR count). The van der Waals surface area contributed by atoms with Crippen LogP contribution in [0.15, 0.2) is 48.5 Å². The monoisotopic (exact) mass is 466 g/mol. The first-order valence-electron chi connectivity index (χ1n) is 12.1. The largest absolute Gasteiger partial charge is 0.481 e. The van der Waals surface area contributed by atoms with Crippen LogP contribution in [0.1, 0.15) is 68.9 Å². The van der Waals surface area contributed by atoms with Crippen molar-refractivity contribution in [2.75, 3.05) is 13.2 Å². The summed E-state index contributed by atoms with van der Waals surface area (Å²) >= 11 is 0. The predicted octanol–water partition coefficient (Wildman–Crippen LogP) is 4.85. The number of benzene rings is 2. The van der Waals surface area contributed by atoms with Crippen molar-refractivity contribution in [3.05, 3.63) is 59.7 Å². The van der Waals surface area contributed by atoms with E-state index in [9.17, 15) is 14.4 Å². The molecule has 34 heavy (non-hydrogen) atoms. The quantitative estimate of drug-likeness (QED) is 0.366. The average molecular weight is 467 g/mol. The van der Waals surface area contributed by atoms with Crippen LogP contribution in [0.5, 0.6) is 0 Å². The maximum absolute atomic E-state index is 12.5. The molecule has 2 aromatic carbocycles. The Balaban J connectivity index is 1.41. The van der Waals surface area contributed by atoms with Gasteiger partial charge in [0.1, 0.15) is 12.6 Å². The van der Waals surface area contributed by atoms with Crippen LogP contribution in [0.25, 0.3) is 11.1 Å². The van der Waals surface area contributed by atoms with Gasteiger partial charge in [-0.2, -0.15) is 0 Å². The van der Waals surface area contributed by atoms with E-state index in [2.05, 4.69) is 34.9 Å². The normalized spacial score (nSPS) is 13.0. The van der Waals surface area contributed by atoms with Crippen LogP contribution in [-0.4, -0.2) is 42.3 Å². The van der Waals surface area contributed by atoms with Gasteiger partial charge in [-0.05, 0) is 41.5 Å². The molecule has 0 saturated carbocycles. The third-order valence-corrected chi connectivity index (χ3v) is 6.23. The Labute approximate surface area is 200 Å². The molecule has 1 aliphatic rings. The summed E-state index contributed by atoms with van der Waals surface area (Å²) in [4.78, 5) is 35.4. The van der Waals surface area contributed by atoms with Crippen molar-refractivity contribution >= 4 is 18.0 Å². The van der Waals surface area contributed by atoms with E-state index in [4.69, 9.17) is 9.84 Å². The van der Waals surface area contributed by atoms with Crippen LogP contribution in [0.4, 0.5) is 4.79 Å². The zero-order valence-corrected chi connectivity index (χ0v) is 19.7. The van der Waals surface area contributed by atoms with Gasteiger partial charge in [0.25, 0.3) is 0 Å². The van der Waals surface area contributed by atoms with Crippen LogP contribution in [0.3, 0.4) is 0 Å². The standard InChI is InChI=1S/C27H34N2O5/c1-2-24(26(32)28-17-11-5-3-4-6-16-25(30)31)29-27(33)34-18-23-21-14-9-7-12-19(21)20-13-8-10-15-22(20)23/h7-10,12-15,23-24H,2-6,11,16-18H2,1H3,(H,28,32)(H,29,33)(H,30,31)/t24-/m1/s1. The van der Waals surface area contributed by atoms with E-state index < -0.39 is 18.1 Å². The summed E-state index contributed by atoms with van der Waals surface area (Å²) in [6.07, 6.45) is 4.32. The molecule has 2 amide bonds. The Kier molecular flexibility index (Phi) is 9.50. The summed E-state index contributed by atoms with van der Waals surface area (Å²) in [5.74, 6) is -1.01. The minimum atomic E-state index is -0.762. The molecule has 1 aliphatic carbocycles. The summed E-state index contributed by atoms with van der Waals surface area (Å²) in [6.45, 7) is 2.58. The smallest absolute Gasteiger partial charge is 0.407 e.